The highest BCUT2D eigenvalue weighted by atomic mass is 31.3. The molecule has 2 aromatic heterocycles. The Morgan fingerprint density at radius 1 is 0.742 bits per heavy atom. The van der Waals surface area contributed by atoms with Crippen molar-refractivity contribution in [3.63, 3.8) is 0 Å². The van der Waals surface area contributed by atoms with Crippen molar-refractivity contribution in [2.45, 2.75) is 38.7 Å². The van der Waals surface area contributed by atoms with Crippen molar-refractivity contribution < 1.29 is 93.3 Å². The molecule has 360 valence electrons. The van der Waals surface area contributed by atoms with Crippen molar-refractivity contribution in [2.75, 3.05) is 29.8 Å². The number of nitrogens with one attached hydrogen (secondary N) is 1. The Morgan fingerprint density at radius 3 is 1.91 bits per heavy atom. The van der Waals surface area contributed by atoms with Crippen molar-refractivity contribution in [2.24, 2.45) is 0 Å². The number of ether oxygens (including phenoxy) is 1. The molecule has 9 N–H and O–H groups in total. The van der Waals surface area contributed by atoms with Crippen LogP contribution in [0, 0.1) is 13.8 Å². The van der Waals surface area contributed by atoms with Crippen molar-refractivity contribution in [1.29, 1.82) is 0 Å². The van der Waals surface area contributed by atoms with Crippen LogP contribution >= 0.6 is 46.6 Å². The van der Waals surface area contributed by atoms with E-state index in [1.807, 2.05) is 31.2 Å². The highest BCUT2D eigenvalue weighted by Crippen LogP contribution is 2.63. The van der Waals surface area contributed by atoms with Crippen LogP contribution in [0.15, 0.2) is 85.5 Å². The lowest BCUT2D eigenvalue weighted by Gasteiger charge is -2.31. The zero-order valence-electron chi connectivity index (χ0n) is 34.2. The van der Waals surface area contributed by atoms with Gasteiger partial charge in [-0.3, -0.25) is 27.7 Å². The van der Waals surface area contributed by atoms with Gasteiger partial charge in [0, 0.05) is 29.5 Å². The molecule has 0 amide bonds. The van der Waals surface area contributed by atoms with Gasteiger partial charge in [0.15, 0.2) is 11.5 Å². The standard InChI is InChI=1S/C12H16NO8P3.C11H11N.C10H16N5O12P3/c1-9-5-3-7-11-10(9)6-4-8-12(11)13-23(16,17)21-24(18,19)20-22(2,14)15;1-8-4-2-6-10-9(8)5-3-7-11(10)12;11-9-8-10(13-3-12-9)15(4-14-8)7-1-5(16)6(25-7)2-24-29(20,21)27-30(22,23)26-28(17,18)19/h3-8H,1-2H3,(H,14,15)(H,18,19)(H2,13,16,17);2-7H,12H2,1H3;3-7,16H,1-2H2,(H,20,21)(H,22,23)(H2,11,12,13)(H2,17,18,19)/p-4/t;;5?,6-,7-/m..1/s1. The molecule has 1 saturated heterocycles. The van der Waals surface area contributed by atoms with Gasteiger partial charge in [-0.05, 0) is 47.9 Å². The van der Waals surface area contributed by atoms with Crippen LogP contribution in [0.3, 0.4) is 0 Å². The fraction of sp³-hybridized carbons (Fsp3) is 0.242. The third-order valence-electron chi connectivity index (χ3n) is 8.74. The van der Waals surface area contributed by atoms with Crippen LogP contribution in [-0.2, 0) is 53.9 Å². The first-order chi connectivity index (χ1) is 30.4. The summed E-state index contributed by atoms with van der Waals surface area (Å²) in [4.78, 5) is 83.5. The summed E-state index contributed by atoms with van der Waals surface area (Å²) < 4.78 is 93.3. The monoisotopic (exact) mass is 1040 g/mol. The third-order valence-corrected chi connectivity index (χ3v) is 16.7. The molecule has 4 aromatic carbocycles. The number of phosphoric ester groups is 1. The number of fused-ring (bicyclic) bond motifs is 3. The molecule has 66 heavy (non-hydrogen) atoms. The van der Waals surface area contributed by atoms with E-state index in [0.717, 1.165) is 22.0 Å². The molecule has 0 aliphatic carbocycles. The van der Waals surface area contributed by atoms with E-state index in [0.29, 0.717) is 17.7 Å². The van der Waals surface area contributed by atoms with E-state index in [1.165, 1.54) is 34.2 Å². The topological polar surface area (TPSA) is 439 Å². The molecule has 6 aromatic rings. The average molecular weight is 1040 g/mol. The molecular formula is C33H39N7O20P6-4. The molecule has 1 aliphatic rings. The van der Waals surface area contributed by atoms with E-state index < -0.39 is 71.7 Å². The summed E-state index contributed by atoms with van der Waals surface area (Å²) in [6.45, 7) is 3.55. The molecule has 3 heterocycles. The molecule has 33 heteroatoms. The number of aromatic nitrogens is 4. The summed E-state index contributed by atoms with van der Waals surface area (Å²) in [6, 6.07) is 22.3. The maximum Gasteiger partial charge on any atom is 0.476 e. The number of imidazole rings is 1. The zero-order chi connectivity index (χ0) is 49.0. The predicted octanol–water partition coefficient (Wildman–Crippen LogP) is 3.21. The number of aliphatic hydroxyl groups excluding tert-OH is 1. The summed E-state index contributed by atoms with van der Waals surface area (Å²) in [5, 5.41) is 15.9. The Balaban J connectivity index is 0.000000201. The van der Waals surface area contributed by atoms with Crippen LogP contribution in [0.25, 0.3) is 32.7 Å². The Morgan fingerprint density at radius 2 is 1.30 bits per heavy atom. The van der Waals surface area contributed by atoms with Crippen LogP contribution in [0.4, 0.5) is 17.2 Å². The van der Waals surface area contributed by atoms with Crippen LogP contribution in [0.1, 0.15) is 23.8 Å². The van der Waals surface area contributed by atoms with Crippen molar-refractivity contribution >= 4 is 96.5 Å². The molecule has 1 aliphatic heterocycles. The zero-order valence-corrected chi connectivity index (χ0v) is 39.5. The summed E-state index contributed by atoms with van der Waals surface area (Å²) >= 11 is 0. The SMILES string of the molecule is Cc1cccc2c(N)cccc12.Cc1cccc2c(NP(=O)(O)OP(=O)([O-])OP(C)(=O)[O-])cccc12.Nc1ncnc2c1ncn2[C@H]1CC(O)[C@@H](COP(=O)([O-])OP(=O)([O-])OP(=O)(O)O)O1. The number of rotatable bonds is 14. The maximum absolute atomic E-state index is 12.0. The minimum absolute atomic E-state index is 0.0330. The molecular weight excluding hydrogens is 1000 g/mol. The van der Waals surface area contributed by atoms with Crippen molar-refractivity contribution in [1.82, 2.24) is 19.5 Å². The number of nitrogens with zero attached hydrogens (tertiary/aromatic N) is 4. The summed E-state index contributed by atoms with van der Waals surface area (Å²) in [6.07, 6.45) is -0.847. The molecule has 27 nitrogen and oxygen atoms in total. The normalized spacial score (nSPS) is 20.9. The van der Waals surface area contributed by atoms with Gasteiger partial charge >= 0.3 is 15.6 Å². The van der Waals surface area contributed by atoms with Gasteiger partial charge in [-0.15, -0.1) is 0 Å². The molecule has 0 radical (unpaired) electrons. The largest absolute Gasteiger partial charge is 0.778 e. The minimum Gasteiger partial charge on any atom is -0.778 e. The van der Waals surface area contributed by atoms with Gasteiger partial charge in [0.05, 0.1) is 24.7 Å². The third kappa shape index (κ3) is 15.1. The molecule has 0 saturated carbocycles. The molecule has 6 unspecified atom stereocenters. The van der Waals surface area contributed by atoms with E-state index in [4.69, 9.17) is 26.0 Å². The van der Waals surface area contributed by atoms with E-state index in [-0.39, 0.29) is 23.4 Å². The van der Waals surface area contributed by atoms with Crippen LogP contribution in [-0.4, -0.2) is 64.8 Å². The fourth-order valence-corrected chi connectivity index (χ4v) is 12.6. The quantitative estimate of drug-likeness (QED) is 0.0608. The first-order valence-electron chi connectivity index (χ1n) is 18.3. The van der Waals surface area contributed by atoms with Crippen LogP contribution in [0.5, 0.6) is 0 Å². The maximum atomic E-state index is 12.0. The number of nitrogen functional groups attached to an aromatic ring is 2. The van der Waals surface area contributed by atoms with Gasteiger partial charge in [0.2, 0.25) is 0 Å². The van der Waals surface area contributed by atoms with Crippen LogP contribution < -0.4 is 36.1 Å². The Bertz CT molecular complexity index is 2980. The second-order valence-corrected chi connectivity index (χ2v) is 23.2. The van der Waals surface area contributed by atoms with Crippen molar-refractivity contribution in [3.05, 3.63) is 96.6 Å². The highest BCUT2D eigenvalue weighted by molar-refractivity contribution is 7.69. The number of phosphoric acid groups is 4. The van der Waals surface area contributed by atoms with Gasteiger partial charge in [-0.1, -0.05) is 60.7 Å². The van der Waals surface area contributed by atoms with Gasteiger partial charge in [-0.2, -0.15) is 0 Å². The number of aliphatic hydroxyl groups is 1. The lowest BCUT2D eigenvalue weighted by atomic mass is 10.0. The van der Waals surface area contributed by atoms with E-state index in [9.17, 15) is 57.0 Å². The number of hydrogen-bond acceptors (Lipinski definition) is 22. The number of hydrogen-bond donors (Lipinski definition) is 7. The number of nitrogens with two attached hydrogens (primary N) is 2. The second-order valence-electron chi connectivity index (χ2n) is 13.9. The van der Waals surface area contributed by atoms with E-state index >= 15 is 0 Å². The average Bonchev–Trinajstić information content (AvgIpc) is 3.76. The molecule has 8 atom stereocenters. The summed E-state index contributed by atoms with van der Waals surface area (Å²) in [5.41, 5.74) is 15.3. The summed E-state index contributed by atoms with van der Waals surface area (Å²) in [7, 11) is -32.4. The number of aryl methyl sites for hydroxylation is 2. The van der Waals surface area contributed by atoms with E-state index in [2.05, 4.69) is 66.9 Å². The van der Waals surface area contributed by atoms with E-state index in [1.54, 1.807) is 24.3 Å². The van der Waals surface area contributed by atoms with Crippen molar-refractivity contribution in [3.8, 4) is 0 Å². The molecule has 0 bridgehead atoms. The Hall–Kier alpha value is -3.83. The first-order valence-corrected chi connectivity index (χ1v) is 27.8. The van der Waals surface area contributed by atoms with Gasteiger partial charge < -0.3 is 64.7 Å². The number of anilines is 3. The fourth-order valence-electron chi connectivity index (χ4n) is 6.13. The first kappa shape index (κ1) is 53.1. The molecule has 7 rings (SSSR count). The molecule has 0 spiro atoms. The van der Waals surface area contributed by atoms with Crippen LogP contribution in [0.2, 0.25) is 0 Å². The molecule has 1 fully saturated rings. The van der Waals surface area contributed by atoms with Gasteiger partial charge in [0.25, 0.3) is 23.5 Å². The smallest absolute Gasteiger partial charge is 0.476 e. The Labute approximate surface area is 373 Å². The highest BCUT2D eigenvalue weighted by Gasteiger charge is 2.38. The predicted molar refractivity (Wildman–Crippen MR) is 228 cm³/mol. The minimum atomic E-state index is -5.95. The van der Waals surface area contributed by atoms with Gasteiger partial charge in [0.1, 0.15) is 31.8 Å². The second kappa shape index (κ2) is 20.8. The Kier molecular flexibility index (Phi) is 16.7. The lowest BCUT2D eigenvalue weighted by Crippen LogP contribution is -2.27. The lowest BCUT2D eigenvalue weighted by molar-refractivity contribution is -0.242. The summed E-state index contributed by atoms with van der Waals surface area (Å²) in [5.74, 6) is 0.112. The van der Waals surface area contributed by atoms with Gasteiger partial charge in [-0.25, -0.2) is 37.0 Å². The number of benzene rings is 4.